The van der Waals surface area contributed by atoms with Crippen LogP contribution < -0.4 is 5.32 Å². The Bertz CT molecular complexity index is 1280. The molecule has 1 aliphatic rings. The predicted octanol–water partition coefficient (Wildman–Crippen LogP) is 4.72. The van der Waals surface area contributed by atoms with Gasteiger partial charge >= 0.3 is 0 Å². The third-order valence-electron chi connectivity index (χ3n) is 6.85. The van der Waals surface area contributed by atoms with E-state index < -0.39 is 18.1 Å². The summed E-state index contributed by atoms with van der Waals surface area (Å²) in [7, 11) is 0. The maximum absolute atomic E-state index is 13.7. The minimum Gasteiger partial charge on any atom is -0.391 e. The van der Waals surface area contributed by atoms with Crippen molar-refractivity contribution in [3.8, 4) is 10.4 Å². The number of amides is 2. The van der Waals surface area contributed by atoms with Gasteiger partial charge in [0.2, 0.25) is 11.8 Å². The first kappa shape index (κ1) is 26.8. The highest BCUT2D eigenvalue weighted by atomic mass is 32.1. The molecular formula is C28H34N4O4S. The third kappa shape index (κ3) is 5.67. The molecule has 4 atom stereocenters. The summed E-state index contributed by atoms with van der Waals surface area (Å²) in [6.07, 6.45) is -0.586. The molecule has 1 saturated heterocycles. The quantitative estimate of drug-likeness (QED) is 0.443. The van der Waals surface area contributed by atoms with Gasteiger partial charge in [0.25, 0.3) is 0 Å². The van der Waals surface area contributed by atoms with Gasteiger partial charge in [0.15, 0.2) is 0 Å². The highest BCUT2D eigenvalue weighted by Gasteiger charge is 2.43. The number of aromatic nitrogens is 2. The fraction of sp³-hybridized carbons (Fsp3) is 0.429. The topological polar surface area (TPSA) is 109 Å². The molecule has 0 bridgehead atoms. The van der Waals surface area contributed by atoms with Crippen LogP contribution in [0.4, 0.5) is 0 Å². The van der Waals surface area contributed by atoms with Gasteiger partial charge in [-0.05, 0) is 43.4 Å². The number of likely N-dealkylation sites (tertiary alicyclic amines) is 1. The van der Waals surface area contributed by atoms with E-state index in [1.807, 2.05) is 64.4 Å². The summed E-state index contributed by atoms with van der Waals surface area (Å²) in [5.74, 6) is -0.834. The van der Waals surface area contributed by atoms with Crippen molar-refractivity contribution in [2.45, 2.75) is 65.1 Å². The van der Waals surface area contributed by atoms with Crippen LogP contribution in [-0.2, 0) is 9.59 Å². The van der Waals surface area contributed by atoms with Crippen molar-refractivity contribution in [3.63, 3.8) is 0 Å². The molecule has 196 valence electrons. The van der Waals surface area contributed by atoms with Crippen molar-refractivity contribution >= 4 is 28.7 Å². The molecule has 3 heterocycles. The summed E-state index contributed by atoms with van der Waals surface area (Å²) < 4.78 is 5.49. The van der Waals surface area contributed by atoms with Crippen LogP contribution in [0.25, 0.3) is 16.0 Å². The van der Waals surface area contributed by atoms with Crippen LogP contribution in [-0.4, -0.2) is 50.7 Å². The third-order valence-corrected chi connectivity index (χ3v) is 7.82. The Balaban J connectivity index is 1.48. The second kappa shape index (κ2) is 11.0. The van der Waals surface area contributed by atoms with Crippen LogP contribution in [0.2, 0.25) is 0 Å². The summed E-state index contributed by atoms with van der Waals surface area (Å²) in [6, 6.07) is 8.72. The van der Waals surface area contributed by atoms with Gasteiger partial charge in [-0.1, -0.05) is 49.8 Å². The zero-order valence-corrected chi connectivity index (χ0v) is 22.7. The first-order valence-electron chi connectivity index (χ1n) is 12.5. The fourth-order valence-electron chi connectivity index (χ4n) is 4.75. The summed E-state index contributed by atoms with van der Waals surface area (Å²) in [6.45, 7) is 13.5. The van der Waals surface area contributed by atoms with Crippen molar-refractivity contribution in [1.29, 1.82) is 0 Å². The Morgan fingerprint density at radius 2 is 1.95 bits per heavy atom. The number of rotatable bonds is 8. The Labute approximate surface area is 221 Å². The lowest BCUT2D eigenvalue weighted by Crippen LogP contribution is -2.48. The van der Waals surface area contributed by atoms with Crippen LogP contribution in [0.3, 0.4) is 0 Å². The van der Waals surface area contributed by atoms with Crippen LogP contribution in [0.1, 0.15) is 68.8 Å². The number of carbonyl (C=O) groups is 2. The highest BCUT2D eigenvalue weighted by Crippen LogP contribution is 2.32. The molecule has 0 unspecified atom stereocenters. The van der Waals surface area contributed by atoms with Gasteiger partial charge in [0.05, 0.1) is 28.2 Å². The summed E-state index contributed by atoms with van der Waals surface area (Å²) in [4.78, 5) is 33.9. The van der Waals surface area contributed by atoms with Gasteiger partial charge in [-0.2, -0.15) is 0 Å². The molecule has 37 heavy (non-hydrogen) atoms. The van der Waals surface area contributed by atoms with E-state index in [4.69, 9.17) is 4.52 Å². The largest absolute Gasteiger partial charge is 0.391 e. The number of hydrogen-bond donors (Lipinski definition) is 2. The van der Waals surface area contributed by atoms with Gasteiger partial charge in [0, 0.05) is 19.0 Å². The van der Waals surface area contributed by atoms with E-state index in [9.17, 15) is 14.7 Å². The van der Waals surface area contributed by atoms with Crippen molar-refractivity contribution in [1.82, 2.24) is 20.4 Å². The van der Waals surface area contributed by atoms with E-state index in [1.165, 1.54) is 4.90 Å². The summed E-state index contributed by atoms with van der Waals surface area (Å²) >= 11 is 1.60. The van der Waals surface area contributed by atoms with Crippen molar-refractivity contribution < 1.29 is 19.2 Å². The van der Waals surface area contributed by atoms with Crippen LogP contribution >= 0.6 is 11.3 Å². The van der Waals surface area contributed by atoms with E-state index in [2.05, 4.69) is 22.0 Å². The Kier molecular flexibility index (Phi) is 7.94. The number of thiazole rings is 1. The number of allylic oxidation sites excluding steroid dienone is 1. The molecule has 3 aromatic rings. The molecule has 1 aromatic carbocycles. The second-order valence-electron chi connectivity index (χ2n) is 10.1. The van der Waals surface area contributed by atoms with Crippen LogP contribution in [0.15, 0.2) is 46.9 Å². The molecule has 0 radical (unpaired) electrons. The normalized spacial score (nSPS) is 19.2. The number of β-amino-alcohol motifs (C(OH)–C–C–N with tert-alkyl or cyclic N) is 1. The van der Waals surface area contributed by atoms with E-state index in [0.29, 0.717) is 11.5 Å². The lowest BCUT2D eigenvalue weighted by Gasteiger charge is -2.29. The number of nitrogens with one attached hydrogen (secondary N) is 1. The standard InChI is InChI=1S/C28H34N4O4S/c1-15(2)22-12-24(36-31-22)25(16(3)4)28(35)32-13-21(33)11-23(32)27(34)30-17(5)19-7-9-20(10-8-19)26-18(6)29-14-37-26/h7-10,12,14,16-17,21,23,25,33H,1,11,13H2,2-6H3,(H,30,34)/t17-,21+,23-,25+/m0/s1. The zero-order chi connectivity index (χ0) is 26.9. The molecule has 4 rings (SSSR count). The minimum absolute atomic E-state index is 0.0961. The SMILES string of the molecule is C=C(C)c1cc([C@H](C(=O)N2C[C@H](O)C[C@H]2C(=O)N[C@@H](C)c2ccc(-c3scnc3C)cc2)C(C)C)on1. The summed E-state index contributed by atoms with van der Waals surface area (Å²) in [5.41, 5.74) is 6.18. The number of aliphatic hydroxyl groups excluding tert-OH is 1. The first-order valence-corrected chi connectivity index (χ1v) is 13.4. The van der Waals surface area contributed by atoms with Crippen LogP contribution in [0.5, 0.6) is 0 Å². The van der Waals surface area contributed by atoms with Gasteiger partial charge in [-0.15, -0.1) is 11.3 Å². The molecule has 0 aliphatic carbocycles. The Morgan fingerprint density at radius 1 is 1.24 bits per heavy atom. The molecule has 0 saturated carbocycles. The molecule has 1 aliphatic heterocycles. The van der Waals surface area contributed by atoms with Crippen molar-refractivity contribution in [2.75, 3.05) is 6.54 Å². The minimum atomic E-state index is -0.773. The number of aryl methyl sites for hydroxylation is 1. The van der Waals surface area contributed by atoms with Gasteiger partial charge in [-0.25, -0.2) is 4.98 Å². The van der Waals surface area contributed by atoms with E-state index in [0.717, 1.165) is 27.3 Å². The molecule has 1 fully saturated rings. The Hall–Kier alpha value is -3.30. The number of aliphatic hydroxyl groups is 1. The van der Waals surface area contributed by atoms with E-state index >= 15 is 0 Å². The van der Waals surface area contributed by atoms with Crippen molar-refractivity contribution in [2.24, 2.45) is 5.92 Å². The number of benzene rings is 1. The van der Waals surface area contributed by atoms with E-state index in [-0.39, 0.29) is 36.7 Å². The molecule has 8 nitrogen and oxygen atoms in total. The average Bonchev–Trinajstić information content (AvgIpc) is 3.59. The molecule has 9 heteroatoms. The smallest absolute Gasteiger partial charge is 0.243 e. The second-order valence-corrected chi connectivity index (χ2v) is 11.0. The highest BCUT2D eigenvalue weighted by molar-refractivity contribution is 7.13. The van der Waals surface area contributed by atoms with Crippen LogP contribution in [0, 0.1) is 12.8 Å². The van der Waals surface area contributed by atoms with Crippen molar-refractivity contribution in [3.05, 3.63) is 65.1 Å². The molecule has 2 N–H and O–H groups in total. The monoisotopic (exact) mass is 522 g/mol. The van der Waals surface area contributed by atoms with E-state index in [1.54, 1.807) is 17.4 Å². The maximum Gasteiger partial charge on any atom is 0.243 e. The number of carbonyl (C=O) groups excluding carboxylic acids is 2. The first-order chi connectivity index (χ1) is 17.6. The lowest BCUT2D eigenvalue weighted by atomic mass is 9.91. The van der Waals surface area contributed by atoms with Gasteiger partial charge in [-0.3, -0.25) is 9.59 Å². The molecule has 0 spiro atoms. The maximum atomic E-state index is 13.7. The molecule has 2 amide bonds. The van der Waals surface area contributed by atoms with Gasteiger partial charge in [0.1, 0.15) is 23.4 Å². The predicted molar refractivity (Wildman–Crippen MR) is 144 cm³/mol. The average molecular weight is 523 g/mol. The lowest BCUT2D eigenvalue weighted by molar-refractivity contribution is -0.141. The molecular weight excluding hydrogens is 488 g/mol. The number of hydrogen-bond acceptors (Lipinski definition) is 7. The zero-order valence-electron chi connectivity index (χ0n) is 21.9. The fourth-order valence-corrected chi connectivity index (χ4v) is 5.56. The summed E-state index contributed by atoms with van der Waals surface area (Å²) in [5, 5.41) is 17.5. The number of nitrogens with zero attached hydrogens (tertiary/aromatic N) is 3. The van der Waals surface area contributed by atoms with Gasteiger partial charge < -0.3 is 19.8 Å². The Morgan fingerprint density at radius 3 is 2.51 bits per heavy atom. The molecule has 2 aromatic heterocycles.